The first kappa shape index (κ1) is 28.0. The van der Waals surface area contributed by atoms with Crippen molar-refractivity contribution in [3.63, 3.8) is 0 Å². The number of aromatic nitrogens is 4. The third-order valence-electron chi connectivity index (χ3n) is 6.87. The summed E-state index contributed by atoms with van der Waals surface area (Å²) in [6.45, 7) is 7.20. The number of aliphatic hydroxyl groups excluding tert-OH is 1. The molecule has 2 aromatic heterocycles. The first-order valence-electron chi connectivity index (χ1n) is 13.3. The zero-order valence-electron chi connectivity index (χ0n) is 22.2. The lowest BCUT2D eigenvalue weighted by Gasteiger charge is -2.19. The highest BCUT2D eigenvalue weighted by atomic mass is 32.2. The number of hydrogen-bond acceptors (Lipinski definition) is 6. The van der Waals surface area contributed by atoms with Crippen LogP contribution in [0.15, 0.2) is 60.8 Å². The van der Waals surface area contributed by atoms with E-state index in [0.717, 1.165) is 41.7 Å². The number of nitrogens with one attached hydrogen (secondary N) is 2. The average molecular weight is 539 g/mol. The summed E-state index contributed by atoms with van der Waals surface area (Å²) in [5.41, 5.74) is 2.95. The number of rotatable bonds is 15. The summed E-state index contributed by atoms with van der Waals surface area (Å²) in [5, 5.41) is 17.9. The number of para-hydroxylation sites is 1. The molecule has 1 atom stereocenters. The number of benzene rings is 2. The van der Waals surface area contributed by atoms with Crippen LogP contribution < -0.4 is 4.72 Å². The van der Waals surface area contributed by atoms with Crippen molar-refractivity contribution in [1.82, 2.24) is 29.4 Å². The molecule has 3 N–H and O–H groups in total. The molecule has 0 radical (unpaired) electrons. The van der Waals surface area contributed by atoms with E-state index in [9.17, 15) is 13.5 Å². The summed E-state index contributed by atoms with van der Waals surface area (Å²) >= 11 is 0. The van der Waals surface area contributed by atoms with E-state index in [2.05, 4.69) is 33.7 Å². The molecule has 9 nitrogen and oxygen atoms in total. The van der Waals surface area contributed by atoms with Gasteiger partial charge in [-0.25, -0.2) is 18.1 Å². The van der Waals surface area contributed by atoms with Crippen molar-refractivity contribution >= 4 is 20.9 Å². The highest BCUT2D eigenvalue weighted by Crippen LogP contribution is 2.29. The predicted molar refractivity (Wildman–Crippen MR) is 151 cm³/mol. The van der Waals surface area contributed by atoms with E-state index >= 15 is 0 Å². The summed E-state index contributed by atoms with van der Waals surface area (Å²) in [4.78, 5) is 6.98. The van der Waals surface area contributed by atoms with E-state index in [4.69, 9.17) is 4.98 Å². The Kier molecular flexibility index (Phi) is 9.68. The topological polar surface area (TPSA) is 116 Å². The predicted octanol–water partition coefficient (Wildman–Crippen LogP) is 3.74. The molecule has 0 saturated heterocycles. The highest BCUT2D eigenvalue weighted by molar-refractivity contribution is 7.89. The fraction of sp³-hybridized carbons (Fsp3) is 0.429. The van der Waals surface area contributed by atoms with Gasteiger partial charge in [0.05, 0.1) is 18.4 Å². The quantitative estimate of drug-likeness (QED) is 0.212. The van der Waals surface area contributed by atoms with Crippen LogP contribution in [0.5, 0.6) is 0 Å². The van der Waals surface area contributed by atoms with Crippen LogP contribution >= 0.6 is 0 Å². The Morgan fingerprint density at radius 1 is 1.08 bits per heavy atom. The minimum Gasteiger partial charge on any atom is -0.395 e. The highest BCUT2D eigenvalue weighted by Gasteiger charge is 2.24. The molecule has 0 bridgehead atoms. The van der Waals surface area contributed by atoms with Crippen molar-refractivity contribution in [3.8, 4) is 11.4 Å². The van der Waals surface area contributed by atoms with Crippen LogP contribution in [0.2, 0.25) is 0 Å². The van der Waals surface area contributed by atoms with E-state index in [-0.39, 0.29) is 12.4 Å². The van der Waals surface area contributed by atoms with Crippen molar-refractivity contribution in [2.45, 2.75) is 45.7 Å². The van der Waals surface area contributed by atoms with Crippen molar-refractivity contribution < 1.29 is 13.5 Å². The largest absolute Gasteiger partial charge is 0.395 e. The normalized spacial score (nSPS) is 12.9. The van der Waals surface area contributed by atoms with Gasteiger partial charge in [0.1, 0.15) is 5.82 Å². The summed E-state index contributed by atoms with van der Waals surface area (Å²) in [6, 6.07) is 17.4. The van der Waals surface area contributed by atoms with E-state index in [1.165, 1.54) is 0 Å². The summed E-state index contributed by atoms with van der Waals surface area (Å²) in [7, 11) is -3.54. The Balaban J connectivity index is 1.57. The molecular formula is C28H38N6O3S. The summed E-state index contributed by atoms with van der Waals surface area (Å²) < 4.78 is 31.1. The van der Waals surface area contributed by atoms with Crippen molar-refractivity contribution in [3.05, 3.63) is 72.2 Å². The van der Waals surface area contributed by atoms with E-state index in [1.54, 1.807) is 0 Å². The van der Waals surface area contributed by atoms with Crippen molar-refractivity contribution in [2.75, 3.05) is 32.0 Å². The summed E-state index contributed by atoms with van der Waals surface area (Å²) in [5.74, 6) is 1.04. The Labute approximate surface area is 225 Å². The van der Waals surface area contributed by atoms with Crippen LogP contribution in [-0.4, -0.2) is 70.2 Å². The number of nitrogens with zero attached hydrogens (tertiary/aromatic N) is 4. The molecule has 4 aromatic rings. The van der Waals surface area contributed by atoms with Gasteiger partial charge in [-0.1, -0.05) is 62.4 Å². The lowest BCUT2D eigenvalue weighted by atomic mass is 10.1. The molecule has 10 heteroatoms. The molecule has 4 rings (SSSR count). The monoisotopic (exact) mass is 538 g/mol. The van der Waals surface area contributed by atoms with Gasteiger partial charge in [0.25, 0.3) is 0 Å². The molecule has 0 saturated carbocycles. The maximum Gasteiger partial charge on any atom is 0.212 e. The maximum atomic E-state index is 13.1. The van der Waals surface area contributed by atoms with E-state index in [0.29, 0.717) is 37.5 Å². The number of aryl methyl sites for hydroxylation is 1. The fourth-order valence-electron chi connectivity index (χ4n) is 4.77. The standard InChI is InChI=1S/C28H38N6O3S/c1-3-33(4-2)17-10-20-38(36,37)32-25(16-15-22-11-6-5-7-12-22)28-29-27(30-31-28)24-21-34(18-19-35)26-14-9-8-13-23(24)26/h5-9,11-14,21,25,32,35H,3-4,10,15-20H2,1-2H3,(H,29,30,31)/t25-/m1/s1. The van der Waals surface area contributed by atoms with Crippen LogP contribution in [-0.2, 0) is 23.0 Å². The molecule has 38 heavy (non-hydrogen) atoms. The van der Waals surface area contributed by atoms with Gasteiger partial charge in [-0.2, -0.15) is 5.10 Å². The molecule has 0 aliphatic heterocycles. The lowest BCUT2D eigenvalue weighted by molar-refractivity contribution is 0.278. The third-order valence-corrected chi connectivity index (χ3v) is 8.34. The van der Waals surface area contributed by atoms with Gasteiger partial charge in [0, 0.05) is 29.2 Å². The van der Waals surface area contributed by atoms with Gasteiger partial charge >= 0.3 is 0 Å². The number of aromatic amines is 1. The molecule has 2 aromatic carbocycles. The minimum absolute atomic E-state index is 0.0228. The zero-order valence-corrected chi connectivity index (χ0v) is 23.0. The molecule has 0 aliphatic rings. The van der Waals surface area contributed by atoms with Gasteiger partial charge in [-0.15, -0.1) is 0 Å². The SMILES string of the molecule is CCN(CC)CCCS(=O)(=O)N[C@H](CCc1ccccc1)c1nc(-c2cn(CCO)c3ccccc23)n[nH]1. The zero-order chi connectivity index (χ0) is 27.0. The molecular weight excluding hydrogens is 500 g/mol. The van der Waals surface area contributed by atoms with Gasteiger partial charge in [0.15, 0.2) is 5.82 Å². The van der Waals surface area contributed by atoms with Gasteiger partial charge < -0.3 is 14.6 Å². The van der Waals surface area contributed by atoms with E-state index in [1.807, 2.05) is 65.4 Å². The average Bonchev–Trinajstić information content (AvgIpc) is 3.55. The molecule has 0 fully saturated rings. The maximum absolute atomic E-state index is 13.1. The van der Waals surface area contributed by atoms with Crippen molar-refractivity contribution in [1.29, 1.82) is 0 Å². The van der Waals surface area contributed by atoms with Crippen LogP contribution in [0.4, 0.5) is 0 Å². The molecule has 204 valence electrons. The fourth-order valence-corrected chi connectivity index (χ4v) is 6.06. The molecule has 0 spiro atoms. The van der Waals surface area contributed by atoms with Crippen LogP contribution in [0.1, 0.15) is 44.1 Å². The van der Waals surface area contributed by atoms with Gasteiger partial charge in [-0.3, -0.25) is 5.10 Å². The minimum atomic E-state index is -3.54. The number of fused-ring (bicyclic) bond motifs is 1. The molecule has 0 amide bonds. The Morgan fingerprint density at radius 2 is 1.82 bits per heavy atom. The van der Waals surface area contributed by atoms with Gasteiger partial charge in [0.2, 0.25) is 10.0 Å². The second-order valence-electron chi connectivity index (χ2n) is 9.42. The van der Waals surface area contributed by atoms with Crippen LogP contribution in [0, 0.1) is 0 Å². The first-order valence-corrected chi connectivity index (χ1v) is 15.0. The Morgan fingerprint density at radius 3 is 2.55 bits per heavy atom. The second-order valence-corrected chi connectivity index (χ2v) is 11.3. The molecule has 2 heterocycles. The summed E-state index contributed by atoms with van der Waals surface area (Å²) in [6.07, 6.45) is 3.73. The first-order chi connectivity index (χ1) is 18.4. The van der Waals surface area contributed by atoms with E-state index < -0.39 is 16.1 Å². The number of aliphatic hydroxyl groups is 1. The number of hydrogen-bond donors (Lipinski definition) is 3. The smallest absolute Gasteiger partial charge is 0.212 e. The van der Waals surface area contributed by atoms with Crippen molar-refractivity contribution in [2.24, 2.45) is 0 Å². The van der Waals surface area contributed by atoms with Crippen LogP contribution in [0.3, 0.4) is 0 Å². The third kappa shape index (κ3) is 7.08. The second kappa shape index (κ2) is 13.1. The number of H-pyrrole nitrogens is 1. The number of sulfonamides is 1. The molecule has 0 aliphatic carbocycles. The molecule has 0 unspecified atom stereocenters. The Hall–Kier alpha value is -3.05. The van der Waals surface area contributed by atoms with Gasteiger partial charge in [-0.05, 0) is 50.5 Å². The van der Waals surface area contributed by atoms with Crippen LogP contribution in [0.25, 0.3) is 22.3 Å². The lowest BCUT2D eigenvalue weighted by Crippen LogP contribution is -2.33. The Bertz CT molecular complexity index is 1400.